The van der Waals surface area contributed by atoms with Crippen LogP contribution in [-0.2, 0) is 20.4 Å². The monoisotopic (exact) mass is 522 g/mol. The van der Waals surface area contributed by atoms with Crippen LogP contribution in [-0.4, -0.2) is 40.0 Å². The molecule has 1 aliphatic rings. The number of aromatic amines is 1. The molecule has 7 nitrogen and oxygen atoms in total. The summed E-state index contributed by atoms with van der Waals surface area (Å²) in [6, 6.07) is 4.62. The second-order valence-corrected chi connectivity index (χ2v) is 8.06. The smallest absolute Gasteiger partial charge is 0.423 e. The Morgan fingerprint density at radius 3 is 2.73 bits per heavy atom. The van der Waals surface area contributed by atoms with Crippen LogP contribution in [0.4, 0.5) is 13.2 Å². The first-order chi connectivity index (χ1) is 15.5. The van der Waals surface area contributed by atoms with Gasteiger partial charge in [-0.15, -0.1) is 6.42 Å². The molecule has 1 fully saturated rings. The summed E-state index contributed by atoms with van der Waals surface area (Å²) in [7, 11) is 0. The number of halogens is 5. The molecule has 0 spiro atoms. The highest BCUT2D eigenvalue weighted by molar-refractivity contribution is 7.80. The van der Waals surface area contributed by atoms with E-state index in [9.17, 15) is 22.8 Å². The molecule has 0 radical (unpaired) electrons. The van der Waals surface area contributed by atoms with E-state index in [-0.39, 0.29) is 29.7 Å². The highest BCUT2D eigenvalue weighted by Crippen LogP contribution is 2.32. The third-order valence-electron chi connectivity index (χ3n) is 4.67. The van der Waals surface area contributed by atoms with Crippen molar-refractivity contribution in [2.75, 3.05) is 13.2 Å². The molecule has 0 bridgehead atoms. The molecular formula is C20H15Cl2F3N2O5S. The van der Waals surface area contributed by atoms with Gasteiger partial charge in [0.1, 0.15) is 31.1 Å². The lowest BCUT2D eigenvalue weighted by Gasteiger charge is -2.19. The van der Waals surface area contributed by atoms with E-state index in [4.69, 9.17) is 56.1 Å². The van der Waals surface area contributed by atoms with Gasteiger partial charge in [0, 0.05) is 23.2 Å². The topological polar surface area (TPSA) is 82.6 Å². The summed E-state index contributed by atoms with van der Waals surface area (Å²) in [5.74, 6) is 2.28. The van der Waals surface area contributed by atoms with Crippen molar-refractivity contribution in [2.24, 2.45) is 0 Å². The van der Waals surface area contributed by atoms with Gasteiger partial charge < -0.3 is 14.2 Å². The van der Waals surface area contributed by atoms with Crippen LogP contribution in [0.1, 0.15) is 23.8 Å². The summed E-state index contributed by atoms with van der Waals surface area (Å²) in [5, 5.41) is 0.693. The van der Waals surface area contributed by atoms with Crippen molar-refractivity contribution in [3.05, 3.63) is 66.4 Å². The molecule has 1 aromatic carbocycles. The zero-order valence-electron chi connectivity index (χ0n) is 16.5. The van der Waals surface area contributed by atoms with Crippen LogP contribution in [0.5, 0.6) is 0 Å². The molecule has 3 atom stereocenters. The van der Waals surface area contributed by atoms with Crippen LogP contribution >= 0.6 is 35.4 Å². The molecule has 1 aromatic heterocycles. The van der Waals surface area contributed by atoms with Crippen LogP contribution in [0.2, 0.25) is 10.0 Å². The number of hydrogen-bond donors (Lipinski definition) is 1. The van der Waals surface area contributed by atoms with Crippen molar-refractivity contribution in [2.45, 2.75) is 31.0 Å². The minimum atomic E-state index is -4.96. The van der Waals surface area contributed by atoms with Gasteiger partial charge in [0.05, 0.1) is 11.1 Å². The van der Waals surface area contributed by atoms with E-state index >= 15 is 0 Å². The normalized spacial score (nSPS) is 20.4. The fourth-order valence-electron chi connectivity index (χ4n) is 3.14. The third kappa shape index (κ3) is 5.96. The van der Waals surface area contributed by atoms with Gasteiger partial charge in [0.15, 0.2) is 5.05 Å². The number of nitrogens with one attached hydrogen (secondary N) is 1. The van der Waals surface area contributed by atoms with E-state index in [0.717, 1.165) is 0 Å². The molecule has 2 aromatic rings. The van der Waals surface area contributed by atoms with Gasteiger partial charge in [0.25, 0.3) is 5.56 Å². The Bertz CT molecular complexity index is 1210. The molecule has 0 amide bonds. The maximum atomic E-state index is 13.1. The maximum Gasteiger partial charge on any atom is 0.423 e. The van der Waals surface area contributed by atoms with Crippen LogP contribution in [0.15, 0.2) is 34.0 Å². The summed E-state index contributed by atoms with van der Waals surface area (Å²) in [5.41, 5.74) is -3.76. The number of aromatic nitrogens is 2. The molecule has 1 aliphatic heterocycles. The van der Waals surface area contributed by atoms with E-state index in [1.807, 2.05) is 0 Å². The summed E-state index contributed by atoms with van der Waals surface area (Å²) in [6.45, 7) is -0.285. The number of terminal acetylenes is 1. The first-order valence-corrected chi connectivity index (χ1v) is 10.4. The largest absolute Gasteiger partial charge is 0.480 e. The maximum absolute atomic E-state index is 13.1. The Morgan fingerprint density at radius 1 is 1.36 bits per heavy atom. The lowest BCUT2D eigenvalue weighted by atomic mass is 10.2. The molecular weight excluding hydrogens is 508 g/mol. The second kappa shape index (κ2) is 10.3. The minimum absolute atomic E-state index is 0.0278. The Balaban J connectivity index is 1.80. The summed E-state index contributed by atoms with van der Waals surface area (Å²) in [4.78, 5) is 25.4. The number of benzene rings is 1. The predicted molar refractivity (Wildman–Crippen MR) is 118 cm³/mol. The highest BCUT2D eigenvalue weighted by atomic mass is 35.5. The number of H-pyrrole nitrogens is 1. The van der Waals surface area contributed by atoms with Crippen molar-refractivity contribution in [3.63, 3.8) is 0 Å². The van der Waals surface area contributed by atoms with Gasteiger partial charge in [-0.05, 0) is 30.4 Å². The average Bonchev–Trinajstić information content (AvgIpc) is 3.12. The number of hydrogen-bond acceptors (Lipinski definition) is 6. The molecule has 0 saturated carbocycles. The predicted octanol–water partition coefficient (Wildman–Crippen LogP) is 3.56. The molecule has 13 heteroatoms. The lowest BCUT2D eigenvalue weighted by molar-refractivity contribution is -0.139. The fourth-order valence-corrected chi connectivity index (χ4v) is 3.94. The summed E-state index contributed by atoms with van der Waals surface area (Å²) >= 11 is 17.2. The first kappa shape index (κ1) is 25.3. The molecule has 176 valence electrons. The summed E-state index contributed by atoms with van der Waals surface area (Å²) in [6.07, 6.45) is -2.13. The number of ether oxygens (including phenoxy) is 3. The number of alkyl halides is 3. The quantitative estimate of drug-likeness (QED) is 0.461. The van der Waals surface area contributed by atoms with E-state index in [2.05, 4.69) is 5.92 Å². The molecule has 0 unspecified atom stereocenters. The zero-order chi connectivity index (χ0) is 24.3. The number of nitrogens with zero attached hydrogens (tertiary/aromatic N) is 1. The first-order valence-electron chi connectivity index (χ1n) is 9.26. The second-order valence-electron chi connectivity index (χ2n) is 6.85. The molecule has 33 heavy (non-hydrogen) atoms. The van der Waals surface area contributed by atoms with Crippen LogP contribution in [0, 0.1) is 12.3 Å². The van der Waals surface area contributed by atoms with E-state index in [1.165, 1.54) is 6.07 Å². The van der Waals surface area contributed by atoms with Crippen LogP contribution in [0.3, 0.4) is 0 Å². The van der Waals surface area contributed by atoms with E-state index in [1.54, 1.807) is 17.1 Å². The lowest BCUT2D eigenvalue weighted by Crippen LogP contribution is -2.36. The Morgan fingerprint density at radius 2 is 2.09 bits per heavy atom. The standard InChI is InChI=1S/C20H15Cl2F3N2O5S/c1-2-5-30-14-7-16(27-8-12(20(23,24)25)17(28)26-19(27)29)32-15(14)9-31-18(33)11-4-3-10(21)6-13(11)22/h1,3-4,6,8,14-16H,5,7,9H2,(H,26,28,29)/t14-,15+,16+/m0/s1. The molecule has 1 saturated heterocycles. The van der Waals surface area contributed by atoms with E-state index in [0.29, 0.717) is 21.4 Å². The van der Waals surface area contributed by atoms with Crippen molar-refractivity contribution in [3.8, 4) is 12.3 Å². The molecule has 2 heterocycles. The van der Waals surface area contributed by atoms with E-state index < -0.39 is 41.4 Å². The summed E-state index contributed by atoms with van der Waals surface area (Å²) < 4.78 is 56.8. The van der Waals surface area contributed by atoms with Gasteiger partial charge in [-0.1, -0.05) is 29.1 Å². The molecule has 3 rings (SSSR count). The number of rotatable bonds is 6. The van der Waals surface area contributed by atoms with Gasteiger partial charge >= 0.3 is 11.9 Å². The Hall–Kier alpha value is -2.36. The number of thiocarbonyl (C=S) groups is 1. The van der Waals surface area contributed by atoms with Crippen molar-refractivity contribution < 1.29 is 27.4 Å². The van der Waals surface area contributed by atoms with Crippen LogP contribution in [0.25, 0.3) is 0 Å². The van der Waals surface area contributed by atoms with Gasteiger partial charge in [-0.3, -0.25) is 14.3 Å². The Kier molecular flexibility index (Phi) is 7.87. The average molecular weight is 523 g/mol. The van der Waals surface area contributed by atoms with Crippen molar-refractivity contribution in [1.29, 1.82) is 0 Å². The van der Waals surface area contributed by atoms with Gasteiger partial charge in [-0.2, -0.15) is 13.2 Å². The van der Waals surface area contributed by atoms with Gasteiger partial charge in [0.2, 0.25) is 0 Å². The zero-order valence-corrected chi connectivity index (χ0v) is 18.9. The molecule has 0 aliphatic carbocycles. The Labute approximate surface area is 200 Å². The highest BCUT2D eigenvalue weighted by Gasteiger charge is 2.40. The fraction of sp³-hybridized carbons (Fsp3) is 0.350. The van der Waals surface area contributed by atoms with Gasteiger partial charge in [-0.25, -0.2) is 4.79 Å². The van der Waals surface area contributed by atoms with Crippen LogP contribution < -0.4 is 11.2 Å². The SMILES string of the molecule is C#CCO[C@H]1C[C@H](n2cc(C(F)(F)F)c(=O)[nH]c2=O)O[C@@H]1COC(=S)c1ccc(Cl)cc1Cl. The van der Waals surface area contributed by atoms with Crippen molar-refractivity contribution in [1.82, 2.24) is 9.55 Å². The van der Waals surface area contributed by atoms with Crippen molar-refractivity contribution >= 4 is 40.5 Å². The third-order valence-corrected chi connectivity index (χ3v) is 5.56. The minimum Gasteiger partial charge on any atom is -0.480 e. The molecule has 1 N–H and O–H groups in total.